The van der Waals surface area contributed by atoms with Gasteiger partial charge in [-0.25, -0.2) is 8.42 Å². The molecule has 244 valence electrons. The maximum atomic E-state index is 13.7. The number of halogens is 5. The number of benzene rings is 4. The van der Waals surface area contributed by atoms with Gasteiger partial charge in [-0.3, -0.25) is 14.4 Å². The lowest BCUT2D eigenvalue weighted by Crippen LogP contribution is -2.30. The fourth-order valence-electron chi connectivity index (χ4n) is 4.78. The van der Waals surface area contributed by atoms with Crippen LogP contribution < -0.4 is 16.4 Å². The van der Waals surface area contributed by atoms with Crippen molar-refractivity contribution < 1.29 is 31.5 Å². The fraction of sp³-hybridized carbons (Fsp3) is 0.129. The third-order valence-corrected chi connectivity index (χ3v) is 9.54. The molecular weight excluding hydrogens is 684 g/mol. The van der Waals surface area contributed by atoms with Crippen molar-refractivity contribution in [2.24, 2.45) is 0 Å². The first kappa shape index (κ1) is 33.7. The summed E-state index contributed by atoms with van der Waals surface area (Å²) in [6, 6.07) is 19.0. The summed E-state index contributed by atoms with van der Waals surface area (Å²) >= 11 is 11.7. The van der Waals surface area contributed by atoms with E-state index in [0.29, 0.717) is 16.6 Å². The Morgan fingerprint density at radius 2 is 1.51 bits per heavy atom. The molecule has 0 aliphatic rings. The Bertz CT molecular complexity index is 2230. The summed E-state index contributed by atoms with van der Waals surface area (Å²) in [4.78, 5) is 40.8. The first-order chi connectivity index (χ1) is 22.1. The predicted molar refractivity (Wildman–Crippen MR) is 169 cm³/mol. The van der Waals surface area contributed by atoms with Crippen LogP contribution in [0.2, 0.25) is 10.0 Å². The number of H-pyrrole nitrogens is 2. The van der Waals surface area contributed by atoms with Crippen molar-refractivity contribution >= 4 is 50.2 Å². The highest BCUT2D eigenvalue weighted by molar-refractivity contribution is 7.89. The molecule has 0 fully saturated rings. The number of sulfonamides is 1. The van der Waals surface area contributed by atoms with E-state index in [-0.39, 0.29) is 34.6 Å². The van der Waals surface area contributed by atoms with Crippen molar-refractivity contribution in [1.29, 1.82) is 0 Å². The number of carbonyl (C=O) groups excluding carboxylic acids is 1. The first-order valence-electron chi connectivity index (χ1n) is 13.6. The Morgan fingerprint density at radius 3 is 2.19 bits per heavy atom. The van der Waals surface area contributed by atoms with E-state index in [1.54, 1.807) is 30.3 Å². The number of rotatable bonds is 9. The topological polar surface area (TPSA) is 152 Å². The monoisotopic (exact) mass is 706 g/mol. The highest BCUT2D eigenvalue weighted by Gasteiger charge is 2.38. The molecule has 47 heavy (non-hydrogen) atoms. The molecule has 4 N–H and O–H groups in total. The summed E-state index contributed by atoms with van der Waals surface area (Å²) in [5.74, 6) is -1.46. The molecule has 0 aliphatic heterocycles. The van der Waals surface area contributed by atoms with Gasteiger partial charge >= 0.3 is 17.3 Å². The summed E-state index contributed by atoms with van der Waals surface area (Å²) in [5.41, 5.74) is -1.57. The minimum atomic E-state index is -4.97. The van der Waals surface area contributed by atoms with Gasteiger partial charge in [-0.1, -0.05) is 65.7 Å². The van der Waals surface area contributed by atoms with Gasteiger partial charge in [0.05, 0.1) is 31.5 Å². The fourth-order valence-corrected chi connectivity index (χ4v) is 6.92. The van der Waals surface area contributed by atoms with Crippen LogP contribution in [0.3, 0.4) is 0 Å². The zero-order chi connectivity index (χ0) is 34.1. The number of carbonyl (C=O) groups is 1. The number of aromatic amines is 2. The minimum Gasteiger partial charge on any atom is -0.506 e. The summed E-state index contributed by atoms with van der Waals surface area (Å²) < 4.78 is 68.9. The Labute approximate surface area is 274 Å². The van der Waals surface area contributed by atoms with Crippen LogP contribution in [0.1, 0.15) is 32.6 Å². The SMILES string of the molecule is O=C(NCc1cccc(CN(Cc2cc(Cl)c(C(F)(F)F)c(Cl)c2O)S(=O)(=O)c2ccccc2)c1)c1ccc2[nH]c(=O)c(=O)[nH]c2c1. The van der Waals surface area contributed by atoms with Crippen molar-refractivity contribution in [2.45, 2.75) is 30.7 Å². The quantitative estimate of drug-likeness (QED) is 0.147. The number of hydrogen-bond acceptors (Lipinski definition) is 6. The number of phenolic OH excluding ortho intramolecular Hbond substituents is 1. The third kappa shape index (κ3) is 7.36. The van der Waals surface area contributed by atoms with Gasteiger partial charge in [0, 0.05) is 30.8 Å². The van der Waals surface area contributed by atoms with Gasteiger partial charge in [0.1, 0.15) is 5.75 Å². The van der Waals surface area contributed by atoms with Crippen LogP contribution in [-0.2, 0) is 35.8 Å². The molecule has 0 atom stereocenters. The van der Waals surface area contributed by atoms with E-state index in [1.165, 1.54) is 42.5 Å². The summed E-state index contributed by atoms with van der Waals surface area (Å²) in [7, 11) is -4.28. The number of nitrogens with one attached hydrogen (secondary N) is 3. The van der Waals surface area contributed by atoms with Crippen molar-refractivity contribution in [3.63, 3.8) is 0 Å². The molecule has 0 aliphatic carbocycles. The van der Waals surface area contributed by atoms with Gasteiger partial charge in [-0.2, -0.15) is 17.5 Å². The molecule has 1 aromatic heterocycles. The number of phenols is 1. The number of nitrogens with zero attached hydrogens (tertiary/aromatic N) is 1. The molecule has 10 nitrogen and oxygen atoms in total. The molecule has 0 saturated heterocycles. The van der Waals surface area contributed by atoms with E-state index in [9.17, 15) is 41.1 Å². The van der Waals surface area contributed by atoms with Crippen LogP contribution in [0, 0.1) is 0 Å². The van der Waals surface area contributed by atoms with Crippen molar-refractivity contribution in [1.82, 2.24) is 19.6 Å². The molecule has 0 radical (unpaired) electrons. The highest BCUT2D eigenvalue weighted by Crippen LogP contribution is 2.45. The molecular formula is C31H23Cl2F3N4O6S. The Hall–Kier alpha value is -4.63. The van der Waals surface area contributed by atoms with Crippen LogP contribution in [-0.4, -0.2) is 33.7 Å². The molecule has 1 amide bonds. The average molecular weight is 708 g/mol. The number of fused-ring (bicyclic) bond motifs is 1. The lowest BCUT2D eigenvalue weighted by atomic mass is 10.1. The van der Waals surface area contributed by atoms with E-state index in [2.05, 4.69) is 15.3 Å². The summed E-state index contributed by atoms with van der Waals surface area (Å²) in [6.45, 7) is -0.856. The molecule has 0 bridgehead atoms. The number of aromatic nitrogens is 2. The minimum absolute atomic E-state index is 0.0171. The Morgan fingerprint density at radius 1 is 0.851 bits per heavy atom. The standard InChI is InChI=1S/C31H23Cl2F3N4O6S/c32-22-12-20(27(41)26(33)25(22)31(34,35)36)16-40(47(45,46)21-7-2-1-3-8-21)15-18-6-4-5-17(11-18)14-37-28(42)19-9-10-23-24(13-19)39-30(44)29(43)38-23/h1-13,41H,14-16H2,(H,37,42)(H,38,43)(H,39,44). The zero-order valence-electron chi connectivity index (χ0n) is 23.9. The highest BCUT2D eigenvalue weighted by atomic mass is 35.5. The number of alkyl halides is 3. The molecule has 16 heteroatoms. The van der Waals surface area contributed by atoms with E-state index in [4.69, 9.17) is 23.2 Å². The van der Waals surface area contributed by atoms with Crippen LogP contribution in [0.5, 0.6) is 5.75 Å². The van der Waals surface area contributed by atoms with E-state index in [0.717, 1.165) is 10.4 Å². The number of hydrogen-bond donors (Lipinski definition) is 4. The molecule has 0 saturated carbocycles. The lowest BCUT2D eigenvalue weighted by Gasteiger charge is -2.24. The molecule has 1 heterocycles. The molecule has 0 unspecified atom stereocenters. The largest absolute Gasteiger partial charge is 0.506 e. The molecule has 0 spiro atoms. The van der Waals surface area contributed by atoms with E-state index >= 15 is 0 Å². The Balaban J connectivity index is 1.41. The van der Waals surface area contributed by atoms with Crippen LogP contribution in [0.25, 0.3) is 11.0 Å². The first-order valence-corrected chi connectivity index (χ1v) is 15.8. The second-order valence-electron chi connectivity index (χ2n) is 10.3. The predicted octanol–water partition coefficient (Wildman–Crippen LogP) is 5.57. The molecule has 5 aromatic rings. The summed E-state index contributed by atoms with van der Waals surface area (Å²) in [6.07, 6.45) is -4.97. The van der Waals surface area contributed by atoms with Crippen molar-refractivity contribution in [3.05, 3.63) is 137 Å². The second-order valence-corrected chi connectivity index (χ2v) is 13.0. The lowest BCUT2D eigenvalue weighted by molar-refractivity contribution is -0.137. The third-order valence-electron chi connectivity index (χ3n) is 7.07. The number of aromatic hydroxyl groups is 1. The average Bonchev–Trinajstić information content (AvgIpc) is 3.02. The zero-order valence-corrected chi connectivity index (χ0v) is 26.2. The van der Waals surface area contributed by atoms with Gasteiger partial charge in [0.15, 0.2) is 0 Å². The van der Waals surface area contributed by atoms with Crippen molar-refractivity contribution in [3.8, 4) is 5.75 Å². The van der Waals surface area contributed by atoms with E-state index in [1.807, 2.05) is 0 Å². The van der Waals surface area contributed by atoms with E-state index < -0.39 is 61.1 Å². The van der Waals surface area contributed by atoms with Crippen LogP contribution >= 0.6 is 23.2 Å². The van der Waals surface area contributed by atoms with Crippen molar-refractivity contribution in [2.75, 3.05) is 0 Å². The normalized spacial score (nSPS) is 12.0. The van der Waals surface area contributed by atoms with Gasteiger partial charge in [0.2, 0.25) is 10.0 Å². The van der Waals surface area contributed by atoms with Crippen LogP contribution in [0.4, 0.5) is 13.2 Å². The van der Waals surface area contributed by atoms with Gasteiger partial charge in [-0.15, -0.1) is 0 Å². The van der Waals surface area contributed by atoms with Gasteiger partial charge in [-0.05, 0) is 47.5 Å². The number of amides is 1. The smallest absolute Gasteiger partial charge is 0.419 e. The Kier molecular flexibility index (Phi) is 9.50. The van der Waals surface area contributed by atoms with Crippen LogP contribution in [0.15, 0.2) is 93.3 Å². The maximum absolute atomic E-state index is 13.7. The van der Waals surface area contributed by atoms with Gasteiger partial charge < -0.3 is 20.4 Å². The molecule has 5 rings (SSSR count). The summed E-state index contributed by atoms with van der Waals surface area (Å²) in [5, 5.41) is 11.4. The van der Waals surface area contributed by atoms with Gasteiger partial charge in [0.25, 0.3) is 5.91 Å². The second kappa shape index (κ2) is 13.2. The molecule has 4 aromatic carbocycles. The maximum Gasteiger partial charge on any atom is 0.419 e.